The molecular weight excluding hydrogens is 234 g/mol. The first kappa shape index (κ1) is 14.7. The molecule has 1 rings (SSSR count). The van der Waals surface area contributed by atoms with E-state index in [1.165, 1.54) is 19.3 Å². The summed E-state index contributed by atoms with van der Waals surface area (Å²) >= 11 is 0. The second-order valence-corrected chi connectivity index (χ2v) is 4.75. The van der Waals surface area contributed by atoms with Gasteiger partial charge in [-0.15, -0.1) is 0 Å². The van der Waals surface area contributed by atoms with E-state index in [0.717, 1.165) is 25.0 Å². The lowest BCUT2D eigenvalue weighted by Gasteiger charge is -2.17. The first-order chi connectivity index (χ1) is 8.54. The van der Waals surface area contributed by atoms with Crippen LogP contribution in [0.15, 0.2) is 12.1 Å². The number of halogens is 2. The maximum absolute atomic E-state index is 13.1. The van der Waals surface area contributed by atoms with Gasteiger partial charge in [-0.05, 0) is 13.3 Å². The topological polar surface area (TPSA) is 38.0 Å². The molecule has 0 saturated carbocycles. The van der Waals surface area contributed by atoms with Gasteiger partial charge in [0.1, 0.15) is 0 Å². The van der Waals surface area contributed by atoms with Gasteiger partial charge in [0.25, 0.3) is 0 Å². The molecule has 0 radical (unpaired) electrons. The molecular formula is C14H22F2N2. The van der Waals surface area contributed by atoms with Gasteiger partial charge >= 0.3 is 0 Å². The van der Waals surface area contributed by atoms with Crippen molar-refractivity contribution in [2.45, 2.75) is 52.0 Å². The minimum absolute atomic E-state index is 0.203. The van der Waals surface area contributed by atoms with Crippen LogP contribution in [0.5, 0.6) is 0 Å². The van der Waals surface area contributed by atoms with E-state index in [9.17, 15) is 8.78 Å². The Bertz CT molecular complexity index is 380. The molecule has 18 heavy (non-hydrogen) atoms. The standard InChI is InChI=1S/C14H22F2N2/c1-3-4-5-6-7-10(2)18-14-9-12(16)11(15)8-13(14)17/h8-10,18H,3-7,17H2,1-2H3. The largest absolute Gasteiger partial charge is 0.397 e. The third-order valence-corrected chi connectivity index (χ3v) is 2.99. The second-order valence-electron chi connectivity index (χ2n) is 4.75. The Morgan fingerprint density at radius 3 is 2.50 bits per heavy atom. The quantitative estimate of drug-likeness (QED) is 0.563. The van der Waals surface area contributed by atoms with Crippen molar-refractivity contribution in [2.24, 2.45) is 0 Å². The summed E-state index contributed by atoms with van der Waals surface area (Å²) in [6.45, 7) is 4.19. The number of unbranched alkanes of at least 4 members (excludes halogenated alkanes) is 3. The lowest BCUT2D eigenvalue weighted by atomic mass is 10.1. The Morgan fingerprint density at radius 2 is 1.83 bits per heavy atom. The zero-order chi connectivity index (χ0) is 13.5. The normalized spacial score (nSPS) is 12.4. The fourth-order valence-electron chi connectivity index (χ4n) is 1.90. The predicted octanol–water partition coefficient (Wildman–Crippen LogP) is 4.32. The number of hydrogen-bond acceptors (Lipinski definition) is 2. The minimum atomic E-state index is -0.909. The molecule has 0 aliphatic carbocycles. The van der Waals surface area contributed by atoms with Crippen molar-refractivity contribution in [3.05, 3.63) is 23.8 Å². The van der Waals surface area contributed by atoms with Crippen molar-refractivity contribution < 1.29 is 8.78 Å². The van der Waals surface area contributed by atoms with Crippen LogP contribution >= 0.6 is 0 Å². The Morgan fingerprint density at radius 1 is 1.17 bits per heavy atom. The van der Waals surface area contributed by atoms with Gasteiger partial charge in [0.05, 0.1) is 11.4 Å². The molecule has 0 spiro atoms. The van der Waals surface area contributed by atoms with Crippen LogP contribution < -0.4 is 11.1 Å². The van der Waals surface area contributed by atoms with Crippen molar-refractivity contribution >= 4 is 11.4 Å². The van der Waals surface area contributed by atoms with Crippen molar-refractivity contribution in [3.63, 3.8) is 0 Å². The summed E-state index contributed by atoms with van der Waals surface area (Å²) < 4.78 is 26.0. The van der Waals surface area contributed by atoms with E-state index in [1.54, 1.807) is 0 Å². The van der Waals surface area contributed by atoms with E-state index < -0.39 is 11.6 Å². The van der Waals surface area contributed by atoms with Crippen molar-refractivity contribution in [1.29, 1.82) is 0 Å². The van der Waals surface area contributed by atoms with Crippen LogP contribution in [0, 0.1) is 11.6 Å². The van der Waals surface area contributed by atoms with Crippen LogP contribution in [0.25, 0.3) is 0 Å². The molecule has 0 fully saturated rings. The molecule has 1 unspecified atom stereocenters. The Balaban J connectivity index is 2.48. The fourth-order valence-corrected chi connectivity index (χ4v) is 1.90. The molecule has 0 amide bonds. The van der Waals surface area contributed by atoms with Crippen LogP contribution in [0.4, 0.5) is 20.2 Å². The molecule has 0 aromatic heterocycles. The molecule has 3 N–H and O–H groups in total. The molecule has 0 aliphatic heterocycles. The van der Waals surface area contributed by atoms with E-state index in [-0.39, 0.29) is 11.7 Å². The molecule has 102 valence electrons. The summed E-state index contributed by atoms with van der Waals surface area (Å²) in [6, 6.07) is 2.34. The highest BCUT2D eigenvalue weighted by atomic mass is 19.2. The monoisotopic (exact) mass is 256 g/mol. The van der Waals surface area contributed by atoms with Gasteiger partial charge in [-0.25, -0.2) is 8.78 Å². The molecule has 1 aromatic rings. The van der Waals surface area contributed by atoms with Gasteiger partial charge < -0.3 is 11.1 Å². The Kier molecular flexibility index (Phi) is 5.89. The minimum Gasteiger partial charge on any atom is -0.397 e. The van der Waals surface area contributed by atoms with Gasteiger partial charge in [-0.2, -0.15) is 0 Å². The smallest absolute Gasteiger partial charge is 0.161 e. The molecule has 0 bridgehead atoms. The van der Waals surface area contributed by atoms with Gasteiger partial charge in [-0.3, -0.25) is 0 Å². The average Bonchev–Trinajstić information content (AvgIpc) is 2.32. The highest BCUT2D eigenvalue weighted by molar-refractivity contribution is 5.66. The number of anilines is 2. The maximum atomic E-state index is 13.1. The van der Waals surface area contributed by atoms with Gasteiger partial charge in [0, 0.05) is 18.2 Å². The van der Waals surface area contributed by atoms with E-state index in [0.29, 0.717) is 5.69 Å². The molecule has 2 nitrogen and oxygen atoms in total. The van der Waals surface area contributed by atoms with Crippen LogP contribution in [0.2, 0.25) is 0 Å². The number of benzene rings is 1. The summed E-state index contributed by atoms with van der Waals surface area (Å²) in [5.41, 5.74) is 6.36. The zero-order valence-corrected chi connectivity index (χ0v) is 11.1. The number of nitrogen functional groups attached to an aromatic ring is 1. The molecule has 1 atom stereocenters. The van der Waals surface area contributed by atoms with Crippen molar-refractivity contribution in [3.8, 4) is 0 Å². The Labute approximate surface area is 108 Å². The lowest BCUT2D eigenvalue weighted by Crippen LogP contribution is -2.16. The summed E-state index contributed by atoms with van der Waals surface area (Å²) in [7, 11) is 0. The van der Waals surface area contributed by atoms with Crippen molar-refractivity contribution in [2.75, 3.05) is 11.1 Å². The molecule has 1 aromatic carbocycles. The van der Waals surface area contributed by atoms with E-state index >= 15 is 0 Å². The van der Waals surface area contributed by atoms with Crippen LogP contribution in [-0.2, 0) is 0 Å². The van der Waals surface area contributed by atoms with Gasteiger partial charge in [0.15, 0.2) is 11.6 Å². The Hall–Kier alpha value is -1.32. The first-order valence-electron chi connectivity index (χ1n) is 6.55. The van der Waals surface area contributed by atoms with Gasteiger partial charge in [0.2, 0.25) is 0 Å². The molecule has 0 heterocycles. The van der Waals surface area contributed by atoms with Crippen LogP contribution in [0.1, 0.15) is 46.0 Å². The number of nitrogens with one attached hydrogen (secondary N) is 1. The molecule has 4 heteroatoms. The predicted molar refractivity (Wildman–Crippen MR) is 72.6 cm³/mol. The highest BCUT2D eigenvalue weighted by Gasteiger charge is 2.09. The van der Waals surface area contributed by atoms with E-state index in [4.69, 9.17) is 5.73 Å². The van der Waals surface area contributed by atoms with Gasteiger partial charge in [-0.1, -0.05) is 32.6 Å². The lowest BCUT2D eigenvalue weighted by molar-refractivity contribution is 0.509. The van der Waals surface area contributed by atoms with Crippen LogP contribution in [0.3, 0.4) is 0 Å². The third-order valence-electron chi connectivity index (χ3n) is 2.99. The van der Waals surface area contributed by atoms with E-state index in [1.807, 2.05) is 6.92 Å². The second kappa shape index (κ2) is 7.19. The maximum Gasteiger partial charge on any atom is 0.161 e. The van der Waals surface area contributed by atoms with Crippen molar-refractivity contribution in [1.82, 2.24) is 0 Å². The number of rotatable bonds is 7. The summed E-state index contributed by atoms with van der Waals surface area (Å²) in [5.74, 6) is -1.78. The number of hydrogen-bond donors (Lipinski definition) is 2. The van der Waals surface area contributed by atoms with Crippen LogP contribution in [-0.4, -0.2) is 6.04 Å². The highest BCUT2D eigenvalue weighted by Crippen LogP contribution is 2.23. The summed E-state index contributed by atoms with van der Waals surface area (Å²) in [5, 5.41) is 3.12. The fraction of sp³-hybridized carbons (Fsp3) is 0.571. The summed E-state index contributed by atoms with van der Waals surface area (Å²) in [4.78, 5) is 0. The number of nitrogens with two attached hydrogens (primary N) is 1. The average molecular weight is 256 g/mol. The SMILES string of the molecule is CCCCCCC(C)Nc1cc(F)c(F)cc1N. The summed E-state index contributed by atoms with van der Waals surface area (Å²) in [6.07, 6.45) is 5.78. The molecule has 0 aliphatic rings. The zero-order valence-electron chi connectivity index (χ0n) is 11.1. The molecule has 0 saturated heterocycles. The third kappa shape index (κ3) is 4.51. The van der Waals surface area contributed by atoms with E-state index in [2.05, 4.69) is 12.2 Å². The first-order valence-corrected chi connectivity index (χ1v) is 6.55.